The molecule has 0 saturated carbocycles. The van der Waals surface area contributed by atoms with Gasteiger partial charge < -0.3 is 10.6 Å². The minimum atomic E-state index is -0.192. The zero-order chi connectivity index (χ0) is 18.7. The molecule has 3 aromatic rings. The molecule has 0 fully saturated rings. The summed E-state index contributed by atoms with van der Waals surface area (Å²) in [4.78, 5) is 12.8. The number of nitrogens with zero attached hydrogens (tertiary/aromatic N) is 2. The average molecular weight is 366 g/mol. The fourth-order valence-corrected chi connectivity index (χ4v) is 3.35. The number of rotatable bonds is 5. The van der Waals surface area contributed by atoms with Crippen LogP contribution in [0.15, 0.2) is 42.5 Å². The van der Waals surface area contributed by atoms with Gasteiger partial charge in [0, 0.05) is 5.69 Å². The van der Waals surface area contributed by atoms with Gasteiger partial charge in [0.15, 0.2) is 0 Å². The van der Waals surface area contributed by atoms with Crippen LogP contribution in [-0.2, 0) is 0 Å². The van der Waals surface area contributed by atoms with E-state index in [2.05, 4.69) is 40.7 Å². The zero-order valence-electron chi connectivity index (χ0n) is 15.3. The monoisotopic (exact) mass is 366 g/mol. The number of aryl methyl sites for hydroxylation is 2. The normalized spacial score (nSPS) is 11.8. The predicted octanol–water partition coefficient (Wildman–Crippen LogP) is 4.70. The number of aromatic nitrogens is 2. The largest absolute Gasteiger partial charge is 0.355 e. The molecule has 1 aromatic heterocycles. The highest BCUT2D eigenvalue weighted by atomic mass is 32.1. The van der Waals surface area contributed by atoms with E-state index >= 15 is 0 Å². The number of benzene rings is 2. The number of hydrogen-bond acceptors (Lipinski definition) is 5. The smallest absolute Gasteiger partial charge is 0.253 e. The minimum absolute atomic E-state index is 0.140. The maximum atomic E-state index is 12.8. The third-order valence-electron chi connectivity index (χ3n) is 4.31. The number of hydrogen-bond donors (Lipinski definition) is 2. The molecule has 2 N–H and O–H groups in total. The van der Waals surface area contributed by atoms with E-state index in [1.54, 1.807) is 0 Å². The van der Waals surface area contributed by atoms with Crippen molar-refractivity contribution in [2.45, 2.75) is 33.7 Å². The molecule has 0 aliphatic heterocycles. The van der Waals surface area contributed by atoms with Crippen LogP contribution in [0.5, 0.6) is 0 Å². The van der Waals surface area contributed by atoms with Gasteiger partial charge in [-0.1, -0.05) is 35.6 Å². The molecule has 0 aliphatic rings. The molecule has 1 amide bonds. The van der Waals surface area contributed by atoms with Crippen LogP contribution in [-0.4, -0.2) is 16.1 Å². The Bertz CT molecular complexity index is 935. The Balaban J connectivity index is 1.82. The van der Waals surface area contributed by atoms with E-state index in [1.807, 2.05) is 50.2 Å². The lowest BCUT2D eigenvalue weighted by molar-refractivity contribution is 0.0940. The SMILES string of the molecule is Cc1nnc(C(C)NC(=O)c2ccccc2Nc2cccc(C)c2C)s1. The fourth-order valence-electron chi connectivity index (χ4n) is 2.64. The summed E-state index contributed by atoms with van der Waals surface area (Å²) >= 11 is 1.49. The van der Waals surface area contributed by atoms with Gasteiger partial charge in [-0.2, -0.15) is 0 Å². The second kappa shape index (κ2) is 7.66. The van der Waals surface area contributed by atoms with Gasteiger partial charge in [-0.15, -0.1) is 10.2 Å². The number of amides is 1. The molecular weight excluding hydrogens is 344 g/mol. The lowest BCUT2D eigenvalue weighted by atomic mass is 10.1. The summed E-state index contributed by atoms with van der Waals surface area (Å²) in [5.74, 6) is -0.140. The highest BCUT2D eigenvalue weighted by molar-refractivity contribution is 7.11. The standard InChI is InChI=1S/C20H22N4OS/c1-12-8-7-11-17(13(12)2)22-18-10-6-5-9-16(18)19(25)21-14(3)20-24-23-15(4)26-20/h5-11,14,22H,1-4H3,(H,21,25). The molecule has 2 aromatic carbocycles. The molecule has 0 saturated heterocycles. The summed E-state index contributed by atoms with van der Waals surface area (Å²) in [6, 6.07) is 13.4. The molecule has 134 valence electrons. The van der Waals surface area contributed by atoms with Gasteiger partial charge in [-0.05, 0) is 57.0 Å². The van der Waals surface area contributed by atoms with E-state index < -0.39 is 0 Å². The van der Waals surface area contributed by atoms with Crippen LogP contribution >= 0.6 is 11.3 Å². The van der Waals surface area contributed by atoms with Crippen molar-refractivity contribution in [1.82, 2.24) is 15.5 Å². The summed E-state index contributed by atoms with van der Waals surface area (Å²) < 4.78 is 0. The zero-order valence-corrected chi connectivity index (χ0v) is 16.1. The quantitative estimate of drug-likeness (QED) is 0.687. The molecule has 0 aliphatic carbocycles. The Morgan fingerprint density at radius 3 is 2.46 bits per heavy atom. The Kier molecular flexibility index (Phi) is 5.32. The van der Waals surface area contributed by atoms with Gasteiger partial charge in [0.1, 0.15) is 10.0 Å². The maximum absolute atomic E-state index is 12.8. The van der Waals surface area contributed by atoms with Gasteiger partial charge in [0.2, 0.25) is 0 Å². The van der Waals surface area contributed by atoms with Crippen LogP contribution in [0.3, 0.4) is 0 Å². The Morgan fingerprint density at radius 1 is 1.00 bits per heavy atom. The molecule has 1 heterocycles. The van der Waals surface area contributed by atoms with Crippen molar-refractivity contribution in [3.63, 3.8) is 0 Å². The first-order valence-electron chi connectivity index (χ1n) is 8.49. The van der Waals surface area contributed by atoms with E-state index in [0.717, 1.165) is 21.4 Å². The molecule has 26 heavy (non-hydrogen) atoms. The summed E-state index contributed by atoms with van der Waals surface area (Å²) in [7, 11) is 0. The molecule has 0 bridgehead atoms. The van der Waals surface area contributed by atoms with Crippen LogP contribution < -0.4 is 10.6 Å². The summed E-state index contributed by atoms with van der Waals surface area (Å²) in [5.41, 5.74) is 4.75. The van der Waals surface area contributed by atoms with Crippen molar-refractivity contribution in [2.24, 2.45) is 0 Å². The first kappa shape index (κ1) is 18.1. The molecule has 0 radical (unpaired) electrons. The van der Waals surface area contributed by atoms with Gasteiger partial charge in [0.05, 0.1) is 17.3 Å². The number of para-hydroxylation sites is 1. The highest BCUT2D eigenvalue weighted by Crippen LogP contribution is 2.26. The van der Waals surface area contributed by atoms with Crippen LogP contribution in [0, 0.1) is 20.8 Å². The number of carbonyl (C=O) groups excluding carboxylic acids is 1. The molecule has 1 atom stereocenters. The topological polar surface area (TPSA) is 66.9 Å². The average Bonchev–Trinajstić information content (AvgIpc) is 3.06. The Hall–Kier alpha value is -2.73. The molecule has 5 nitrogen and oxygen atoms in total. The van der Waals surface area contributed by atoms with Crippen LogP contribution in [0.25, 0.3) is 0 Å². The second-order valence-corrected chi connectivity index (χ2v) is 7.49. The van der Waals surface area contributed by atoms with Crippen LogP contribution in [0.1, 0.15) is 44.5 Å². The Morgan fingerprint density at radius 2 is 1.73 bits per heavy atom. The van der Waals surface area contributed by atoms with Crippen molar-refractivity contribution < 1.29 is 4.79 Å². The van der Waals surface area contributed by atoms with Crippen molar-refractivity contribution in [1.29, 1.82) is 0 Å². The lowest BCUT2D eigenvalue weighted by Crippen LogP contribution is -2.27. The second-order valence-electron chi connectivity index (χ2n) is 6.27. The minimum Gasteiger partial charge on any atom is -0.355 e. The third kappa shape index (κ3) is 3.91. The Labute approximate surface area is 157 Å². The van der Waals surface area contributed by atoms with Crippen molar-refractivity contribution in [3.8, 4) is 0 Å². The lowest BCUT2D eigenvalue weighted by Gasteiger charge is -2.16. The first-order valence-corrected chi connectivity index (χ1v) is 9.30. The van der Waals surface area contributed by atoms with E-state index in [1.165, 1.54) is 22.5 Å². The predicted molar refractivity (Wildman–Crippen MR) is 106 cm³/mol. The van der Waals surface area contributed by atoms with Gasteiger partial charge in [0.25, 0.3) is 5.91 Å². The van der Waals surface area contributed by atoms with E-state index in [-0.39, 0.29) is 11.9 Å². The summed E-state index contributed by atoms with van der Waals surface area (Å²) in [6.07, 6.45) is 0. The molecular formula is C20H22N4OS. The van der Waals surface area contributed by atoms with Gasteiger partial charge >= 0.3 is 0 Å². The number of carbonyl (C=O) groups is 1. The summed E-state index contributed by atoms with van der Waals surface area (Å²) in [5, 5.41) is 16.2. The fraction of sp³-hybridized carbons (Fsp3) is 0.250. The van der Waals surface area contributed by atoms with Crippen molar-refractivity contribution in [2.75, 3.05) is 5.32 Å². The third-order valence-corrected chi connectivity index (χ3v) is 5.33. The van der Waals surface area contributed by atoms with Gasteiger partial charge in [-0.25, -0.2) is 0 Å². The first-order chi connectivity index (χ1) is 12.5. The molecule has 6 heteroatoms. The van der Waals surface area contributed by atoms with E-state index in [0.29, 0.717) is 5.56 Å². The van der Waals surface area contributed by atoms with Crippen LogP contribution in [0.4, 0.5) is 11.4 Å². The number of nitrogens with one attached hydrogen (secondary N) is 2. The molecule has 0 spiro atoms. The van der Waals surface area contributed by atoms with E-state index in [9.17, 15) is 4.79 Å². The van der Waals surface area contributed by atoms with Gasteiger partial charge in [-0.3, -0.25) is 4.79 Å². The number of anilines is 2. The van der Waals surface area contributed by atoms with Crippen molar-refractivity contribution >= 4 is 28.6 Å². The maximum Gasteiger partial charge on any atom is 0.253 e. The molecule has 3 rings (SSSR count). The van der Waals surface area contributed by atoms with Crippen molar-refractivity contribution in [3.05, 3.63) is 69.2 Å². The molecule has 1 unspecified atom stereocenters. The van der Waals surface area contributed by atoms with Crippen LogP contribution in [0.2, 0.25) is 0 Å². The summed E-state index contributed by atoms with van der Waals surface area (Å²) in [6.45, 7) is 7.96. The van der Waals surface area contributed by atoms with E-state index in [4.69, 9.17) is 0 Å². The highest BCUT2D eigenvalue weighted by Gasteiger charge is 2.17.